The Kier molecular flexibility index (Phi) is 5.10. The van der Waals surface area contributed by atoms with E-state index in [-0.39, 0.29) is 24.9 Å². The summed E-state index contributed by atoms with van der Waals surface area (Å²) in [6.07, 6.45) is -0.0329. The van der Waals surface area contributed by atoms with E-state index < -0.39 is 5.97 Å². The zero-order valence-corrected chi connectivity index (χ0v) is 11.9. The standard InChI is InChI=1S/C15H21NO3/c1-10(2)16(9-8-13(17)18)15(19)14-11(3)6-5-7-12(14)4/h5-7,10H,8-9H2,1-4H3,(H,17,18). The second kappa shape index (κ2) is 6.36. The Balaban J connectivity index is 3.03. The normalized spacial score (nSPS) is 10.6. The number of benzene rings is 1. The third kappa shape index (κ3) is 3.81. The lowest BCUT2D eigenvalue weighted by atomic mass is 10.0. The molecule has 0 saturated carbocycles. The van der Waals surface area contributed by atoms with Crippen molar-refractivity contribution in [2.75, 3.05) is 6.54 Å². The number of rotatable bonds is 5. The first-order valence-corrected chi connectivity index (χ1v) is 6.43. The minimum atomic E-state index is -0.889. The van der Waals surface area contributed by atoms with E-state index in [2.05, 4.69) is 0 Å². The first kappa shape index (κ1) is 15.2. The first-order chi connectivity index (χ1) is 8.84. The lowest BCUT2D eigenvalue weighted by molar-refractivity contribution is -0.137. The number of nitrogens with zero attached hydrogens (tertiary/aromatic N) is 1. The van der Waals surface area contributed by atoms with E-state index in [0.717, 1.165) is 11.1 Å². The Labute approximate surface area is 114 Å². The molecule has 1 amide bonds. The first-order valence-electron chi connectivity index (χ1n) is 6.43. The van der Waals surface area contributed by atoms with Crippen LogP contribution in [0.15, 0.2) is 18.2 Å². The second-order valence-corrected chi connectivity index (χ2v) is 5.00. The van der Waals surface area contributed by atoms with Crippen molar-refractivity contribution in [3.8, 4) is 0 Å². The van der Waals surface area contributed by atoms with Gasteiger partial charge in [0, 0.05) is 18.2 Å². The van der Waals surface area contributed by atoms with Crippen LogP contribution in [0.25, 0.3) is 0 Å². The number of carboxylic acid groups (broad SMARTS) is 1. The van der Waals surface area contributed by atoms with E-state index in [1.54, 1.807) is 4.90 Å². The van der Waals surface area contributed by atoms with Crippen LogP contribution in [-0.4, -0.2) is 34.5 Å². The van der Waals surface area contributed by atoms with Gasteiger partial charge in [0.15, 0.2) is 0 Å². The molecule has 1 aromatic carbocycles. The van der Waals surface area contributed by atoms with E-state index in [9.17, 15) is 9.59 Å². The van der Waals surface area contributed by atoms with E-state index in [1.807, 2.05) is 45.9 Å². The van der Waals surface area contributed by atoms with Crippen molar-refractivity contribution in [2.45, 2.75) is 40.2 Å². The molecule has 1 rings (SSSR count). The Morgan fingerprint density at radius 3 is 2.16 bits per heavy atom. The predicted octanol–water partition coefficient (Wildman–Crippen LogP) is 2.63. The fourth-order valence-electron chi connectivity index (χ4n) is 2.11. The molecule has 0 bridgehead atoms. The van der Waals surface area contributed by atoms with Gasteiger partial charge in [0.25, 0.3) is 5.91 Å². The molecule has 1 aromatic rings. The number of carbonyl (C=O) groups excluding carboxylic acids is 1. The summed E-state index contributed by atoms with van der Waals surface area (Å²) < 4.78 is 0. The van der Waals surface area contributed by atoms with Gasteiger partial charge in [-0.3, -0.25) is 9.59 Å². The highest BCUT2D eigenvalue weighted by molar-refractivity contribution is 5.97. The fourth-order valence-corrected chi connectivity index (χ4v) is 2.11. The van der Waals surface area contributed by atoms with Crippen LogP contribution in [0.4, 0.5) is 0 Å². The molecule has 104 valence electrons. The van der Waals surface area contributed by atoms with Crippen LogP contribution in [0, 0.1) is 13.8 Å². The van der Waals surface area contributed by atoms with Crippen LogP contribution in [0.5, 0.6) is 0 Å². The summed E-state index contributed by atoms with van der Waals surface area (Å²) in [4.78, 5) is 24.9. The molecule has 1 N–H and O–H groups in total. The van der Waals surface area contributed by atoms with Gasteiger partial charge in [0.1, 0.15) is 0 Å². The quantitative estimate of drug-likeness (QED) is 0.888. The molecular formula is C15H21NO3. The maximum Gasteiger partial charge on any atom is 0.305 e. The van der Waals surface area contributed by atoms with Gasteiger partial charge in [-0.25, -0.2) is 0 Å². The maximum absolute atomic E-state index is 12.6. The molecule has 0 aliphatic carbocycles. The van der Waals surface area contributed by atoms with Gasteiger partial charge in [-0.1, -0.05) is 18.2 Å². The van der Waals surface area contributed by atoms with Gasteiger partial charge >= 0.3 is 5.97 Å². The summed E-state index contributed by atoms with van der Waals surface area (Å²) in [5, 5.41) is 8.77. The average molecular weight is 263 g/mol. The second-order valence-electron chi connectivity index (χ2n) is 5.00. The van der Waals surface area contributed by atoms with Crippen LogP contribution in [0.3, 0.4) is 0 Å². The van der Waals surface area contributed by atoms with Crippen molar-refractivity contribution in [2.24, 2.45) is 0 Å². The minimum absolute atomic E-state index is 0.0224. The van der Waals surface area contributed by atoms with Gasteiger partial charge in [0.05, 0.1) is 6.42 Å². The summed E-state index contributed by atoms with van der Waals surface area (Å²) in [5.41, 5.74) is 2.53. The van der Waals surface area contributed by atoms with E-state index in [0.29, 0.717) is 5.56 Å². The molecule has 0 spiro atoms. The Hall–Kier alpha value is -1.84. The van der Waals surface area contributed by atoms with Crippen molar-refractivity contribution < 1.29 is 14.7 Å². The van der Waals surface area contributed by atoms with E-state index >= 15 is 0 Å². The number of hydrogen-bond acceptors (Lipinski definition) is 2. The predicted molar refractivity (Wildman–Crippen MR) is 74.3 cm³/mol. The SMILES string of the molecule is Cc1cccc(C)c1C(=O)N(CCC(=O)O)C(C)C. The van der Waals surface area contributed by atoms with Crippen LogP contribution in [-0.2, 0) is 4.79 Å². The summed E-state index contributed by atoms with van der Waals surface area (Å²) >= 11 is 0. The molecule has 0 atom stereocenters. The maximum atomic E-state index is 12.6. The zero-order valence-electron chi connectivity index (χ0n) is 11.9. The highest BCUT2D eigenvalue weighted by Gasteiger charge is 2.22. The number of carboxylic acids is 1. The Morgan fingerprint density at radius 1 is 1.21 bits per heavy atom. The van der Waals surface area contributed by atoms with Gasteiger partial charge in [-0.05, 0) is 38.8 Å². The van der Waals surface area contributed by atoms with Crippen LogP contribution in [0.2, 0.25) is 0 Å². The molecule has 0 aliphatic rings. The van der Waals surface area contributed by atoms with Crippen LogP contribution in [0.1, 0.15) is 41.8 Å². The number of aliphatic carboxylic acids is 1. The van der Waals surface area contributed by atoms with E-state index in [1.165, 1.54) is 0 Å². The number of carbonyl (C=O) groups is 2. The number of amides is 1. The summed E-state index contributed by atoms with van der Waals surface area (Å²) in [7, 11) is 0. The third-order valence-corrected chi connectivity index (χ3v) is 3.15. The Morgan fingerprint density at radius 2 is 1.74 bits per heavy atom. The molecule has 0 heterocycles. The van der Waals surface area contributed by atoms with Gasteiger partial charge < -0.3 is 10.0 Å². The molecule has 19 heavy (non-hydrogen) atoms. The van der Waals surface area contributed by atoms with Crippen molar-refractivity contribution >= 4 is 11.9 Å². The lowest BCUT2D eigenvalue weighted by Gasteiger charge is -2.27. The highest BCUT2D eigenvalue weighted by Crippen LogP contribution is 2.17. The highest BCUT2D eigenvalue weighted by atomic mass is 16.4. The van der Waals surface area contributed by atoms with Crippen molar-refractivity contribution in [1.29, 1.82) is 0 Å². The smallest absolute Gasteiger partial charge is 0.305 e. The van der Waals surface area contributed by atoms with Crippen LogP contribution >= 0.6 is 0 Å². The monoisotopic (exact) mass is 263 g/mol. The summed E-state index contributed by atoms with van der Waals surface area (Å²) in [5.74, 6) is -0.980. The molecule has 0 fully saturated rings. The summed E-state index contributed by atoms with van der Waals surface area (Å²) in [6, 6.07) is 5.69. The molecule has 4 heteroatoms. The molecule has 4 nitrogen and oxygen atoms in total. The molecular weight excluding hydrogens is 242 g/mol. The number of aryl methyl sites for hydroxylation is 2. The lowest BCUT2D eigenvalue weighted by Crippen LogP contribution is -2.39. The van der Waals surface area contributed by atoms with Crippen molar-refractivity contribution in [1.82, 2.24) is 4.90 Å². The average Bonchev–Trinajstić information content (AvgIpc) is 2.27. The number of hydrogen-bond donors (Lipinski definition) is 1. The molecule has 0 aliphatic heterocycles. The third-order valence-electron chi connectivity index (χ3n) is 3.15. The van der Waals surface area contributed by atoms with Crippen LogP contribution < -0.4 is 0 Å². The molecule has 0 unspecified atom stereocenters. The summed E-state index contributed by atoms with van der Waals surface area (Å²) in [6.45, 7) is 7.83. The van der Waals surface area contributed by atoms with Gasteiger partial charge in [-0.2, -0.15) is 0 Å². The fraction of sp³-hybridized carbons (Fsp3) is 0.467. The topological polar surface area (TPSA) is 57.6 Å². The molecule has 0 radical (unpaired) electrons. The molecule has 0 saturated heterocycles. The van der Waals surface area contributed by atoms with Crippen molar-refractivity contribution in [3.05, 3.63) is 34.9 Å². The zero-order chi connectivity index (χ0) is 14.6. The van der Waals surface area contributed by atoms with Crippen molar-refractivity contribution in [3.63, 3.8) is 0 Å². The van der Waals surface area contributed by atoms with E-state index in [4.69, 9.17) is 5.11 Å². The molecule has 0 aromatic heterocycles. The largest absolute Gasteiger partial charge is 0.481 e. The van der Waals surface area contributed by atoms with Gasteiger partial charge in [0.2, 0.25) is 0 Å². The minimum Gasteiger partial charge on any atom is -0.481 e. The Bertz CT molecular complexity index is 460. The van der Waals surface area contributed by atoms with Gasteiger partial charge in [-0.15, -0.1) is 0 Å².